The number of halogens is 3. The Labute approximate surface area is 121 Å². The van der Waals surface area contributed by atoms with Crippen molar-refractivity contribution in [1.29, 1.82) is 0 Å². The summed E-state index contributed by atoms with van der Waals surface area (Å²) in [7, 11) is 1.27. The van der Waals surface area contributed by atoms with E-state index in [-0.39, 0.29) is 21.0 Å². The van der Waals surface area contributed by atoms with E-state index in [0.717, 1.165) is 6.07 Å². The molecule has 0 amide bonds. The molecule has 1 aromatic carbocycles. The lowest BCUT2D eigenvalue weighted by atomic mass is 10.3. The summed E-state index contributed by atoms with van der Waals surface area (Å²) in [5.41, 5.74) is 0. The highest BCUT2D eigenvalue weighted by molar-refractivity contribution is 9.10. The SMILES string of the molecule is O=S(=O)(Cl)c1cccnc1Oc1ccc(Br)c(F)c1. The van der Waals surface area contributed by atoms with Crippen LogP contribution in [0.4, 0.5) is 4.39 Å². The van der Waals surface area contributed by atoms with Crippen LogP contribution in [0.25, 0.3) is 0 Å². The Morgan fingerprint density at radius 2 is 2.05 bits per heavy atom. The Morgan fingerprint density at radius 1 is 1.32 bits per heavy atom. The van der Waals surface area contributed by atoms with Crippen LogP contribution in [-0.2, 0) is 9.05 Å². The van der Waals surface area contributed by atoms with E-state index in [9.17, 15) is 12.8 Å². The van der Waals surface area contributed by atoms with Crippen LogP contribution in [0.1, 0.15) is 0 Å². The average molecular weight is 367 g/mol. The molecule has 8 heteroatoms. The predicted molar refractivity (Wildman–Crippen MR) is 71.4 cm³/mol. The molecule has 19 heavy (non-hydrogen) atoms. The summed E-state index contributed by atoms with van der Waals surface area (Å²) in [6, 6.07) is 6.66. The quantitative estimate of drug-likeness (QED) is 0.777. The summed E-state index contributed by atoms with van der Waals surface area (Å²) in [5, 5.41) is 0. The molecule has 1 aromatic heterocycles. The molecule has 100 valence electrons. The number of nitrogens with zero attached hydrogens (tertiary/aromatic N) is 1. The highest BCUT2D eigenvalue weighted by atomic mass is 79.9. The largest absolute Gasteiger partial charge is 0.438 e. The second-order valence-corrected chi connectivity index (χ2v) is 6.81. The number of pyridine rings is 1. The summed E-state index contributed by atoms with van der Waals surface area (Å²) < 4.78 is 41.5. The molecule has 0 atom stereocenters. The molecule has 0 unspecified atom stereocenters. The minimum absolute atomic E-state index is 0.112. The summed E-state index contributed by atoms with van der Waals surface area (Å²) in [5.74, 6) is -0.635. The van der Waals surface area contributed by atoms with Gasteiger partial charge in [0.1, 0.15) is 16.5 Å². The van der Waals surface area contributed by atoms with Gasteiger partial charge in [-0.3, -0.25) is 0 Å². The van der Waals surface area contributed by atoms with Gasteiger partial charge in [-0.2, -0.15) is 0 Å². The van der Waals surface area contributed by atoms with Crippen LogP contribution in [-0.4, -0.2) is 13.4 Å². The van der Waals surface area contributed by atoms with E-state index in [1.165, 1.54) is 30.5 Å². The van der Waals surface area contributed by atoms with Gasteiger partial charge in [-0.25, -0.2) is 17.8 Å². The maximum Gasteiger partial charge on any atom is 0.266 e. The van der Waals surface area contributed by atoms with E-state index >= 15 is 0 Å². The molecule has 0 saturated heterocycles. The van der Waals surface area contributed by atoms with Crippen LogP contribution >= 0.6 is 26.6 Å². The number of hydrogen-bond donors (Lipinski definition) is 0. The minimum Gasteiger partial charge on any atom is -0.438 e. The second kappa shape index (κ2) is 5.44. The van der Waals surface area contributed by atoms with E-state index in [1.54, 1.807) is 0 Å². The lowest BCUT2D eigenvalue weighted by Gasteiger charge is -2.08. The zero-order valence-electron chi connectivity index (χ0n) is 9.18. The molecule has 0 aliphatic heterocycles. The molecule has 4 nitrogen and oxygen atoms in total. The zero-order chi connectivity index (χ0) is 14.0. The van der Waals surface area contributed by atoms with Gasteiger partial charge in [0.05, 0.1) is 4.47 Å². The lowest BCUT2D eigenvalue weighted by Crippen LogP contribution is -1.98. The molecule has 2 rings (SSSR count). The molecule has 0 aliphatic carbocycles. The molecule has 1 heterocycles. The molecule has 0 saturated carbocycles. The first-order chi connectivity index (χ1) is 8.88. The van der Waals surface area contributed by atoms with Crippen molar-refractivity contribution in [2.45, 2.75) is 4.90 Å². The Balaban J connectivity index is 2.41. The van der Waals surface area contributed by atoms with Crippen LogP contribution in [0, 0.1) is 5.82 Å². The van der Waals surface area contributed by atoms with Crippen molar-refractivity contribution >= 4 is 35.7 Å². The van der Waals surface area contributed by atoms with Crippen LogP contribution in [0.2, 0.25) is 0 Å². The van der Waals surface area contributed by atoms with Crippen molar-refractivity contribution < 1.29 is 17.5 Å². The molecular formula is C11H6BrClFNO3S. The van der Waals surface area contributed by atoms with Crippen molar-refractivity contribution in [3.63, 3.8) is 0 Å². The molecule has 0 radical (unpaired) electrons. The molecule has 0 spiro atoms. The third-order valence-corrected chi connectivity index (χ3v) is 4.08. The highest BCUT2D eigenvalue weighted by Gasteiger charge is 2.18. The normalized spacial score (nSPS) is 11.3. The monoisotopic (exact) mass is 365 g/mol. The average Bonchev–Trinajstić information content (AvgIpc) is 2.33. The first kappa shape index (κ1) is 14.2. The van der Waals surface area contributed by atoms with Gasteiger partial charge in [0.15, 0.2) is 0 Å². The van der Waals surface area contributed by atoms with Gasteiger partial charge in [-0.15, -0.1) is 0 Å². The van der Waals surface area contributed by atoms with Crippen molar-refractivity contribution in [1.82, 2.24) is 4.98 Å². The van der Waals surface area contributed by atoms with E-state index in [0.29, 0.717) is 0 Å². The fourth-order valence-corrected chi connectivity index (χ4v) is 2.43. The molecule has 0 aliphatic rings. The Bertz CT molecular complexity index is 724. The molecular weight excluding hydrogens is 361 g/mol. The number of ether oxygens (including phenoxy) is 1. The number of aromatic nitrogens is 1. The van der Waals surface area contributed by atoms with Crippen molar-refractivity contribution in [3.8, 4) is 11.6 Å². The molecule has 0 bridgehead atoms. The van der Waals surface area contributed by atoms with Gasteiger partial charge in [0.25, 0.3) is 9.05 Å². The third kappa shape index (κ3) is 3.43. The predicted octanol–water partition coefficient (Wildman–Crippen LogP) is 3.70. The van der Waals surface area contributed by atoms with Crippen LogP contribution in [0.15, 0.2) is 45.9 Å². The van der Waals surface area contributed by atoms with Crippen LogP contribution < -0.4 is 4.74 Å². The summed E-state index contributed by atoms with van der Waals surface area (Å²) in [4.78, 5) is 3.49. The van der Waals surface area contributed by atoms with Gasteiger partial charge in [-0.05, 0) is 40.2 Å². The zero-order valence-corrected chi connectivity index (χ0v) is 12.3. The fourth-order valence-electron chi connectivity index (χ4n) is 1.29. The summed E-state index contributed by atoms with van der Waals surface area (Å²) in [6.07, 6.45) is 1.34. The summed E-state index contributed by atoms with van der Waals surface area (Å²) >= 11 is 3.00. The highest BCUT2D eigenvalue weighted by Crippen LogP contribution is 2.30. The van der Waals surface area contributed by atoms with Crippen LogP contribution in [0.3, 0.4) is 0 Å². The van der Waals surface area contributed by atoms with Gasteiger partial charge in [0.2, 0.25) is 5.88 Å². The number of rotatable bonds is 3. The number of hydrogen-bond acceptors (Lipinski definition) is 4. The smallest absolute Gasteiger partial charge is 0.266 e. The minimum atomic E-state index is -3.99. The molecule has 0 N–H and O–H groups in total. The van der Waals surface area contributed by atoms with Crippen molar-refractivity contribution in [2.24, 2.45) is 0 Å². The fraction of sp³-hybridized carbons (Fsp3) is 0. The standard InChI is InChI=1S/C11H6BrClFNO3S/c12-8-4-3-7(6-9(8)14)18-11-10(19(13,16)17)2-1-5-15-11/h1-6H. The topological polar surface area (TPSA) is 56.3 Å². The van der Waals surface area contributed by atoms with Gasteiger partial charge < -0.3 is 4.74 Å². The molecule has 0 fully saturated rings. The second-order valence-electron chi connectivity index (χ2n) is 3.42. The van der Waals surface area contributed by atoms with E-state index < -0.39 is 14.9 Å². The Kier molecular flexibility index (Phi) is 4.07. The number of benzene rings is 1. The van der Waals surface area contributed by atoms with Crippen molar-refractivity contribution in [2.75, 3.05) is 0 Å². The van der Waals surface area contributed by atoms with E-state index in [2.05, 4.69) is 20.9 Å². The summed E-state index contributed by atoms with van der Waals surface area (Å²) in [6.45, 7) is 0. The first-order valence-corrected chi connectivity index (χ1v) is 8.01. The maximum absolute atomic E-state index is 13.3. The van der Waals surface area contributed by atoms with Gasteiger partial charge >= 0.3 is 0 Å². The molecule has 2 aromatic rings. The van der Waals surface area contributed by atoms with E-state index in [4.69, 9.17) is 15.4 Å². The third-order valence-electron chi connectivity index (χ3n) is 2.10. The van der Waals surface area contributed by atoms with Gasteiger partial charge in [0, 0.05) is 22.9 Å². The van der Waals surface area contributed by atoms with Crippen LogP contribution in [0.5, 0.6) is 11.6 Å². The van der Waals surface area contributed by atoms with Crippen molar-refractivity contribution in [3.05, 3.63) is 46.8 Å². The Morgan fingerprint density at radius 3 is 2.68 bits per heavy atom. The maximum atomic E-state index is 13.3. The van der Waals surface area contributed by atoms with Gasteiger partial charge in [-0.1, -0.05) is 0 Å². The first-order valence-electron chi connectivity index (χ1n) is 4.90. The lowest BCUT2D eigenvalue weighted by molar-refractivity contribution is 0.443. The van der Waals surface area contributed by atoms with E-state index in [1.807, 2.05) is 0 Å². The Hall–Kier alpha value is -1.18.